The van der Waals surface area contributed by atoms with Gasteiger partial charge in [0.15, 0.2) is 0 Å². The van der Waals surface area contributed by atoms with Crippen LogP contribution >= 0.6 is 0 Å². The fraction of sp³-hybridized carbons (Fsp3) is 0.533. The van der Waals surface area contributed by atoms with Gasteiger partial charge in [0.2, 0.25) is 0 Å². The van der Waals surface area contributed by atoms with Gasteiger partial charge in [0.05, 0.1) is 31.0 Å². The fourth-order valence-electron chi connectivity index (χ4n) is 2.77. The number of nitrogens with two attached hydrogens (primary N) is 1. The molecule has 1 aliphatic heterocycles. The summed E-state index contributed by atoms with van der Waals surface area (Å²) in [6.45, 7) is 0.601. The van der Waals surface area contributed by atoms with Gasteiger partial charge in [-0.25, -0.2) is 9.18 Å². The predicted octanol–water partition coefficient (Wildman–Crippen LogP) is 1.94. The van der Waals surface area contributed by atoms with Crippen molar-refractivity contribution in [3.05, 3.63) is 23.5 Å². The normalized spacial score (nSPS) is 19.2. The third-order valence-electron chi connectivity index (χ3n) is 3.92. The lowest BCUT2D eigenvalue weighted by molar-refractivity contribution is 0.0602. The van der Waals surface area contributed by atoms with Gasteiger partial charge < -0.3 is 20.5 Å². The van der Waals surface area contributed by atoms with Gasteiger partial charge in [-0.2, -0.15) is 0 Å². The second kappa shape index (κ2) is 6.76. The SMILES string of the molecule is COC(=O)c1cc(N2CCCCCC2CO)c(F)cc1N. The van der Waals surface area contributed by atoms with Crippen molar-refractivity contribution in [2.45, 2.75) is 31.7 Å². The molecule has 1 aromatic rings. The molecule has 0 aromatic heterocycles. The Hall–Kier alpha value is -1.82. The van der Waals surface area contributed by atoms with Gasteiger partial charge in [0.1, 0.15) is 5.82 Å². The summed E-state index contributed by atoms with van der Waals surface area (Å²) in [6.07, 6.45) is 3.78. The lowest BCUT2D eigenvalue weighted by Crippen LogP contribution is -2.38. The maximum absolute atomic E-state index is 14.3. The van der Waals surface area contributed by atoms with E-state index in [1.54, 1.807) is 0 Å². The van der Waals surface area contributed by atoms with E-state index in [9.17, 15) is 14.3 Å². The number of anilines is 2. The van der Waals surface area contributed by atoms with Crippen LogP contribution in [0.1, 0.15) is 36.0 Å². The van der Waals surface area contributed by atoms with Gasteiger partial charge in [-0.3, -0.25) is 0 Å². The van der Waals surface area contributed by atoms with Crippen LogP contribution in [0.4, 0.5) is 15.8 Å². The Bertz CT molecular complexity index is 522. The first kappa shape index (κ1) is 15.6. The van der Waals surface area contributed by atoms with E-state index in [2.05, 4.69) is 4.74 Å². The van der Waals surface area contributed by atoms with E-state index >= 15 is 0 Å². The van der Waals surface area contributed by atoms with Crippen LogP contribution in [-0.4, -0.2) is 37.4 Å². The van der Waals surface area contributed by atoms with E-state index in [-0.39, 0.29) is 23.9 Å². The highest BCUT2D eigenvalue weighted by molar-refractivity contribution is 5.96. The number of nitrogens with zero attached hydrogens (tertiary/aromatic N) is 1. The molecule has 5 nitrogen and oxygen atoms in total. The molecule has 1 aliphatic rings. The molecule has 1 heterocycles. The van der Waals surface area contributed by atoms with Crippen molar-refractivity contribution in [2.24, 2.45) is 0 Å². The van der Waals surface area contributed by atoms with Crippen LogP contribution in [0.2, 0.25) is 0 Å². The number of aliphatic hydroxyl groups excluding tert-OH is 1. The van der Waals surface area contributed by atoms with Crippen LogP contribution in [0.5, 0.6) is 0 Å². The molecule has 6 heteroatoms. The molecular formula is C15H21FN2O3. The summed E-state index contributed by atoms with van der Waals surface area (Å²) in [6, 6.07) is 2.42. The van der Waals surface area contributed by atoms with Crippen LogP contribution in [0.3, 0.4) is 0 Å². The predicted molar refractivity (Wildman–Crippen MR) is 78.8 cm³/mol. The molecule has 0 amide bonds. The van der Waals surface area contributed by atoms with Crippen molar-refractivity contribution in [2.75, 3.05) is 30.9 Å². The number of ether oxygens (including phenoxy) is 1. The smallest absolute Gasteiger partial charge is 0.340 e. The molecule has 0 saturated carbocycles. The number of methoxy groups -OCH3 is 1. The Kier molecular flexibility index (Phi) is 5.01. The number of benzene rings is 1. The summed E-state index contributed by atoms with van der Waals surface area (Å²) in [5, 5.41) is 9.54. The zero-order valence-electron chi connectivity index (χ0n) is 12.1. The van der Waals surface area contributed by atoms with E-state index in [0.717, 1.165) is 31.7 Å². The first-order valence-electron chi connectivity index (χ1n) is 7.13. The molecule has 1 fully saturated rings. The molecule has 3 N–H and O–H groups in total. The van der Waals surface area contributed by atoms with Crippen LogP contribution < -0.4 is 10.6 Å². The van der Waals surface area contributed by atoms with Gasteiger partial charge in [-0.15, -0.1) is 0 Å². The number of halogens is 1. The highest BCUT2D eigenvalue weighted by Gasteiger charge is 2.25. The zero-order valence-corrected chi connectivity index (χ0v) is 12.1. The lowest BCUT2D eigenvalue weighted by atomic mass is 10.1. The van der Waals surface area contributed by atoms with Crippen molar-refractivity contribution in [3.63, 3.8) is 0 Å². The Balaban J connectivity index is 2.43. The Morgan fingerprint density at radius 3 is 2.90 bits per heavy atom. The summed E-state index contributed by atoms with van der Waals surface area (Å²) < 4.78 is 18.9. The molecule has 0 bridgehead atoms. The number of aliphatic hydroxyl groups is 1. The first-order valence-corrected chi connectivity index (χ1v) is 7.13. The van der Waals surface area contributed by atoms with Gasteiger partial charge in [-0.1, -0.05) is 12.8 Å². The largest absolute Gasteiger partial charge is 0.465 e. The molecule has 0 aliphatic carbocycles. The minimum atomic E-state index is -0.593. The summed E-state index contributed by atoms with van der Waals surface area (Å²) >= 11 is 0. The number of hydrogen-bond acceptors (Lipinski definition) is 5. The molecule has 1 atom stereocenters. The topological polar surface area (TPSA) is 75.8 Å². The minimum Gasteiger partial charge on any atom is -0.465 e. The van der Waals surface area contributed by atoms with Gasteiger partial charge in [-0.05, 0) is 25.0 Å². The lowest BCUT2D eigenvalue weighted by Gasteiger charge is -2.31. The number of hydrogen-bond donors (Lipinski definition) is 2. The van der Waals surface area contributed by atoms with Crippen LogP contribution in [0, 0.1) is 5.82 Å². The van der Waals surface area contributed by atoms with Crippen molar-refractivity contribution >= 4 is 17.3 Å². The average molecular weight is 296 g/mol. The molecule has 0 radical (unpaired) electrons. The average Bonchev–Trinajstić information content (AvgIpc) is 2.71. The monoisotopic (exact) mass is 296 g/mol. The number of nitrogen functional groups attached to an aromatic ring is 1. The van der Waals surface area contributed by atoms with E-state index in [0.29, 0.717) is 12.2 Å². The van der Waals surface area contributed by atoms with E-state index in [1.807, 2.05) is 4.90 Å². The number of carbonyl (C=O) groups is 1. The van der Waals surface area contributed by atoms with Gasteiger partial charge in [0, 0.05) is 12.2 Å². The number of carbonyl (C=O) groups excluding carboxylic acids is 1. The maximum Gasteiger partial charge on any atom is 0.340 e. The Morgan fingerprint density at radius 2 is 2.24 bits per heavy atom. The van der Waals surface area contributed by atoms with E-state index in [1.165, 1.54) is 13.2 Å². The molecule has 0 spiro atoms. The molecule has 21 heavy (non-hydrogen) atoms. The van der Waals surface area contributed by atoms with Crippen molar-refractivity contribution in [3.8, 4) is 0 Å². The maximum atomic E-state index is 14.3. The molecule has 1 unspecified atom stereocenters. The summed E-state index contributed by atoms with van der Waals surface area (Å²) in [5.74, 6) is -1.08. The van der Waals surface area contributed by atoms with Crippen molar-refractivity contribution < 1.29 is 19.0 Å². The highest BCUT2D eigenvalue weighted by Crippen LogP contribution is 2.30. The van der Waals surface area contributed by atoms with E-state index in [4.69, 9.17) is 5.73 Å². The van der Waals surface area contributed by atoms with E-state index < -0.39 is 11.8 Å². The van der Waals surface area contributed by atoms with Gasteiger partial charge in [0.25, 0.3) is 0 Å². The molecule has 116 valence electrons. The third-order valence-corrected chi connectivity index (χ3v) is 3.92. The fourth-order valence-corrected chi connectivity index (χ4v) is 2.77. The quantitative estimate of drug-likeness (QED) is 0.658. The Labute approximate surface area is 123 Å². The first-order chi connectivity index (χ1) is 10.1. The standard InChI is InChI=1S/C15H21FN2O3/c1-21-15(20)11-7-14(12(16)8-13(11)17)18-6-4-2-3-5-10(18)9-19/h7-8,10,19H,2-6,9,17H2,1H3. The highest BCUT2D eigenvalue weighted by atomic mass is 19.1. The Morgan fingerprint density at radius 1 is 1.48 bits per heavy atom. The molecular weight excluding hydrogens is 275 g/mol. The molecule has 1 saturated heterocycles. The van der Waals surface area contributed by atoms with Crippen LogP contribution in [0.15, 0.2) is 12.1 Å². The molecule has 2 rings (SSSR count). The van der Waals surface area contributed by atoms with Crippen LogP contribution in [-0.2, 0) is 4.74 Å². The second-order valence-electron chi connectivity index (χ2n) is 5.26. The summed E-state index contributed by atoms with van der Waals surface area (Å²) in [7, 11) is 1.26. The summed E-state index contributed by atoms with van der Waals surface area (Å²) in [5.41, 5.74) is 6.18. The second-order valence-corrected chi connectivity index (χ2v) is 5.26. The van der Waals surface area contributed by atoms with Crippen molar-refractivity contribution in [1.29, 1.82) is 0 Å². The minimum absolute atomic E-state index is 0.0443. The third kappa shape index (κ3) is 3.26. The van der Waals surface area contributed by atoms with Gasteiger partial charge >= 0.3 is 5.97 Å². The summed E-state index contributed by atoms with van der Waals surface area (Å²) in [4.78, 5) is 13.5. The molecule has 1 aromatic carbocycles. The van der Waals surface area contributed by atoms with Crippen LogP contribution in [0.25, 0.3) is 0 Å². The number of esters is 1. The number of rotatable bonds is 3. The zero-order chi connectivity index (χ0) is 15.4. The van der Waals surface area contributed by atoms with Crippen molar-refractivity contribution in [1.82, 2.24) is 0 Å².